The monoisotopic (exact) mass is 441 g/mol. The van der Waals surface area contributed by atoms with Crippen molar-refractivity contribution >= 4 is 51.8 Å². The van der Waals surface area contributed by atoms with E-state index in [0.717, 1.165) is 20.8 Å². The number of thiophene rings is 1. The Bertz CT molecular complexity index is 1130. The molecule has 0 saturated carbocycles. The molecule has 1 aromatic carbocycles. The molecule has 0 bridgehead atoms. The van der Waals surface area contributed by atoms with Crippen molar-refractivity contribution in [2.24, 2.45) is 0 Å². The molecule has 2 aromatic heterocycles. The maximum atomic E-state index is 12.5. The van der Waals surface area contributed by atoms with Gasteiger partial charge in [-0.25, -0.2) is 14.8 Å². The van der Waals surface area contributed by atoms with Gasteiger partial charge in [0, 0.05) is 5.39 Å². The van der Waals surface area contributed by atoms with Crippen LogP contribution < -0.4 is 10.7 Å². The number of fused-ring (bicyclic) bond motifs is 1. The highest BCUT2D eigenvalue weighted by atomic mass is 32.2. The lowest BCUT2D eigenvalue weighted by Crippen LogP contribution is -2.49. The third-order valence-electron chi connectivity index (χ3n) is 4.85. The molecule has 10 heteroatoms. The van der Waals surface area contributed by atoms with Crippen LogP contribution in [0.2, 0.25) is 0 Å². The van der Waals surface area contributed by atoms with Gasteiger partial charge in [0.05, 0.1) is 16.1 Å². The number of thioether (sulfide) groups is 1. The average Bonchev–Trinajstić information content (AvgIpc) is 3.36. The highest BCUT2D eigenvalue weighted by molar-refractivity contribution is 8.00. The fourth-order valence-electron chi connectivity index (χ4n) is 2.99. The molecule has 1 aliphatic rings. The van der Waals surface area contributed by atoms with Crippen LogP contribution in [0.4, 0.5) is 4.79 Å². The molecule has 1 fully saturated rings. The Morgan fingerprint density at radius 1 is 1.23 bits per heavy atom. The number of hydrazine groups is 1. The van der Waals surface area contributed by atoms with Crippen LogP contribution in [0, 0.1) is 0 Å². The molecule has 0 aliphatic carbocycles. The molecule has 3 heterocycles. The molecule has 1 atom stereocenters. The van der Waals surface area contributed by atoms with Gasteiger partial charge in [0.2, 0.25) is 5.91 Å². The van der Waals surface area contributed by atoms with E-state index in [1.807, 2.05) is 41.8 Å². The number of carbonyl (C=O) groups excluding carboxylic acids is 3. The Labute approximate surface area is 181 Å². The normalized spacial score (nSPS) is 18.7. The number of para-hydroxylation sites is 1. The number of rotatable bonds is 6. The first-order valence-corrected chi connectivity index (χ1v) is 11.2. The van der Waals surface area contributed by atoms with E-state index >= 15 is 0 Å². The molecule has 154 valence electrons. The minimum Gasteiger partial charge on any atom is -0.322 e. The summed E-state index contributed by atoms with van der Waals surface area (Å²) < 4.78 is 0. The number of carbonyl (C=O) groups is 3. The summed E-state index contributed by atoms with van der Waals surface area (Å²) in [5, 5.41) is 6.81. The molecule has 1 saturated heterocycles. The van der Waals surface area contributed by atoms with Crippen LogP contribution in [0.5, 0.6) is 0 Å². The van der Waals surface area contributed by atoms with Crippen molar-refractivity contribution < 1.29 is 14.4 Å². The SMILES string of the molecule is CC[C@]1(C)NC(=O)N(NC(=O)CSc2nc(-c3cccs3)nc3ccccc23)C1=O. The quantitative estimate of drug-likeness (QED) is 0.346. The molecule has 0 radical (unpaired) electrons. The largest absolute Gasteiger partial charge is 0.344 e. The highest BCUT2D eigenvalue weighted by Gasteiger charge is 2.47. The van der Waals surface area contributed by atoms with E-state index in [1.165, 1.54) is 23.1 Å². The molecule has 4 amide bonds. The number of amides is 4. The van der Waals surface area contributed by atoms with Gasteiger partial charge in [0.25, 0.3) is 5.91 Å². The molecular formula is C20H19N5O3S2. The second-order valence-corrected chi connectivity index (χ2v) is 8.84. The van der Waals surface area contributed by atoms with Crippen LogP contribution in [0.15, 0.2) is 46.8 Å². The Morgan fingerprint density at radius 2 is 2.03 bits per heavy atom. The summed E-state index contributed by atoms with van der Waals surface area (Å²) in [6.45, 7) is 3.43. The van der Waals surface area contributed by atoms with E-state index in [2.05, 4.69) is 20.7 Å². The predicted molar refractivity (Wildman–Crippen MR) is 116 cm³/mol. The van der Waals surface area contributed by atoms with Gasteiger partial charge in [-0.15, -0.1) is 11.3 Å². The summed E-state index contributed by atoms with van der Waals surface area (Å²) in [6.07, 6.45) is 0.428. The summed E-state index contributed by atoms with van der Waals surface area (Å²) in [6, 6.07) is 10.8. The van der Waals surface area contributed by atoms with Crippen LogP contribution in [0.3, 0.4) is 0 Å². The van der Waals surface area contributed by atoms with E-state index in [4.69, 9.17) is 0 Å². The van der Waals surface area contributed by atoms with Crippen molar-refractivity contribution in [1.29, 1.82) is 0 Å². The zero-order chi connectivity index (χ0) is 21.3. The lowest BCUT2D eigenvalue weighted by Gasteiger charge is -2.19. The molecule has 30 heavy (non-hydrogen) atoms. The Morgan fingerprint density at radius 3 is 2.73 bits per heavy atom. The van der Waals surface area contributed by atoms with Gasteiger partial charge in [-0.1, -0.05) is 43.0 Å². The number of nitrogens with one attached hydrogen (secondary N) is 2. The van der Waals surface area contributed by atoms with Gasteiger partial charge >= 0.3 is 6.03 Å². The molecule has 4 rings (SSSR count). The first kappa shape index (κ1) is 20.3. The smallest absolute Gasteiger partial charge is 0.322 e. The van der Waals surface area contributed by atoms with Crippen molar-refractivity contribution in [3.63, 3.8) is 0 Å². The maximum Gasteiger partial charge on any atom is 0.344 e. The topological polar surface area (TPSA) is 104 Å². The van der Waals surface area contributed by atoms with Gasteiger partial charge in [0.15, 0.2) is 5.82 Å². The molecule has 0 spiro atoms. The summed E-state index contributed by atoms with van der Waals surface area (Å²) in [7, 11) is 0. The number of imide groups is 1. The third-order valence-corrected chi connectivity index (χ3v) is 6.71. The van der Waals surface area contributed by atoms with E-state index < -0.39 is 23.4 Å². The van der Waals surface area contributed by atoms with Crippen molar-refractivity contribution in [3.8, 4) is 10.7 Å². The third kappa shape index (κ3) is 3.75. The first-order chi connectivity index (χ1) is 14.4. The van der Waals surface area contributed by atoms with Crippen molar-refractivity contribution in [2.45, 2.75) is 30.8 Å². The average molecular weight is 442 g/mol. The lowest BCUT2D eigenvalue weighted by atomic mass is 10.00. The number of hydrogen-bond acceptors (Lipinski definition) is 7. The van der Waals surface area contributed by atoms with Crippen LogP contribution in [-0.2, 0) is 9.59 Å². The molecular weight excluding hydrogens is 422 g/mol. The van der Waals surface area contributed by atoms with Crippen LogP contribution in [0.25, 0.3) is 21.6 Å². The lowest BCUT2D eigenvalue weighted by molar-refractivity contribution is -0.137. The second kappa shape index (κ2) is 8.04. The summed E-state index contributed by atoms with van der Waals surface area (Å²) in [5.41, 5.74) is 2.18. The van der Waals surface area contributed by atoms with Crippen LogP contribution >= 0.6 is 23.1 Å². The van der Waals surface area contributed by atoms with Crippen molar-refractivity contribution in [2.75, 3.05) is 5.75 Å². The Hall–Kier alpha value is -2.98. The summed E-state index contributed by atoms with van der Waals surface area (Å²) in [5.74, 6) is -0.352. The second-order valence-electron chi connectivity index (χ2n) is 6.93. The summed E-state index contributed by atoms with van der Waals surface area (Å²) >= 11 is 2.77. The minimum atomic E-state index is -1.00. The Balaban J connectivity index is 1.52. The van der Waals surface area contributed by atoms with E-state index in [1.54, 1.807) is 13.8 Å². The Kier molecular flexibility index (Phi) is 5.44. The number of nitrogens with zero attached hydrogens (tertiary/aromatic N) is 3. The molecule has 3 aromatic rings. The van der Waals surface area contributed by atoms with Gasteiger partial charge in [-0.05, 0) is 30.9 Å². The predicted octanol–water partition coefficient (Wildman–Crippen LogP) is 3.20. The number of aromatic nitrogens is 2. The standard InChI is InChI=1S/C20H19N5O3S2/c1-3-20(2)18(27)25(19(28)23-20)24-15(26)11-30-17-12-7-4-5-8-13(12)21-16(22-17)14-9-6-10-29-14/h4-10H,3,11H2,1-2H3,(H,23,28)(H,24,26)/t20-/m0/s1. The fourth-order valence-corrected chi connectivity index (χ4v) is 4.46. The molecule has 0 unspecified atom stereocenters. The summed E-state index contributed by atoms with van der Waals surface area (Å²) in [4.78, 5) is 47.2. The molecule has 8 nitrogen and oxygen atoms in total. The number of hydrogen-bond donors (Lipinski definition) is 2. The van der Waals surface area contributed by atoms with E-state index in [9.17, 15) is 14.4 Å². The zero-order valence-electron chi connectivity index (χ0n) is 16.3. The van der Waals surface area contributed by atoms with E-state index in [-0.39, 0.29) is 5.75 Å². The van der Waals surface area contributed by atoms with Gasteiger partial charge in [-0.2, -0.15) is 5.01 Å². The van der Waals surface area contributed by atoms with Crippen molar-refractivity contribution in [3.05, 3.63) is 41.8 Å². The van der Waals surface area contributed by atoms with Gasteiger partial charge in [-0.3, -0.25) is 15.0 Å². The van der Waals surface area contributed by atoms with E-state index in [0.29, 0.717) is 17.3 Å². The molecule has 2 N–H and O–H groups in total. The van der Waals surface area contributed by atoms with Crippen LogP contribution in [-0.4, -0.2) is 44.1 Å². The van der Waals surface area contributed by atoms with Crippen LogP contribution in [0.1, 0.15) is 20.3 Å². The number of urea groups is 1. The highest BCUT2D eigenvalue weighted by Crippen LogP contribution is 2.30. The first-order valence-electron chi connectivity index (χ1n) is 9.31. The number of benzene rings is 1. The zero-order valence-corrected chi connectivity index (χ0v) is 18.0. The van der Waals surface area contributed by atoms with Gasteiger partial charge < -0.3 is 5.32 Å². The maximum absolute atomic E-state index is 12.5. The van der Waals surface area contributed by atoms with Crippen molar-refractivity contribution in [1.82, 2.24) is 25.7 Å². The minimum absolute atomic E-state index is 0.00914. The fraction of sp³-hybridized carbons (Fsp3) is 0.250. The van der Waals surface area contributed by atoms with Gasteiger partial charge in [0.1, 0.15) is 10.6 Å². The molecule has 1 aliphatic heterocycles.